The maximum absolute atomic E-state index is 13.4. The van der Waals surface area contributed by atoms with Crippen LogP contribution in [0, 0.1) is 11.6 Å². The molecule has 5 nitrogen and oxygen atoms in total. The zero-order chi connectivity index (χ0) is 20.6. The van der Waals surface area contributed by atoms with Crippen molar-refractivity contribution in [2.24, 2.45) is 0 Å². The first kappa shape index (κ1) is 20.8. The lowest BCUT2D eigenvalue weighted by molar-refractivity contribution is -0.152. The molecule has 0 saturated carbocycles. The molecule has 29 heavy (non-hydrogen) atoms. The summed E-state index contributed by atoms with van der Waals surface area (Å²) >= 11 is 0. The quantitative estimate of drug-likeness (QED) is 0.480. The van der Waals surface area contributed by atoms with Gasteiger partial charge >= 0.3 is 0 Å². The highest BCUT2D eigenvalue weighted by Crippen LogP contribution is 2.30. The number of ether oxygens (including phenoxy) is 3. The Morgan fingerprint density at radius 3 is 1.83 bits per heavy atom. The van der Waals surface area contributed by atoms with Crippen molar-refractivity contribution in [3.63, 3.8) is 0 Å². The third-order valence-electron chi connectivity index (χ3n) is 4.06. The number of aromatic nitrogens is 2. The van der Waals surface area contributed by atoms with Gasteiger partial charge in [-0.1, -0.05) is 0 Å². The average molecular weight is 400 g/mol. The summed E-state index contributed by atoms with van der Waals surface area (Å²) in [6.45, 7) is 4.87. The maximum Gasteiger partial charge on any atom is 0.233 e. The van der Waals surface area contributed by atoms with E-state index >= 15 is 0 Å². The largest absolute Gasteiger partial charge is 0.471 e. The van der Waals surface area contributed by atoms with E-state index in [0.29, 0.717) is 35.7 Å². The smallest absolute Gasteiger partial charge is 0.233 e. The summed E-state index contributed by atoms with van der Waals surface area (Å²) < 4.78 is 43.3. The molecule has 1 heterocycles. The molecule has 1 aromatic heterocycles. The van der Waals surface area contributed by atoms with Crippen LogP contribution in [0.4, 0.5) is 8.78 Å². The van der Waals surface area contributed by atoms with Crippen LogP contribution in [-0.4, -0.2) is 36.1 Å². The third kappa shape index (κ3) is 5.56. The van der Waals surface area contributed by atoms with Crippen LogP contribution >= 0.6 is 0 Å². The zero-order valence-electron chi connectivity index (χ0n) is 16.3. The predicted octanol–water partition coefficient (Wildman–Crippen LogP) is 4.87. The van der Waals surface area contributed by atoms with Crippen molar-refractivity contribution < 1.29 is 23.0 Å². The third-order valence-corrected chi connectivity index (χ3v) is 4.06. The minimum absolute atomic E-state index is 0.148. The van der Waals surface area contributed by atoms with E-state index in [2.05, 4.69) is 9.97 Å². The van der Waals surface area contributed by atoms with Crippen molar-refractivity contribution in [1.82, 2.24) is 9.97 Å². The molecule has 0 amide bonds. The van der Waals surface area contributed by atoms with Gasteiger partial charge in [-0.15, -0.1) is 0 Å². The Balaban J connectivity index is 1.93. The summed E-state index contributed by atoms with van der Waals surface area (Å²) in [7, 11) is 0. The van der Waals surface area contributed by atoms with Gasteiger partial charge in [0.25, 0.3) is 0 Å². The standard InChI is InChI=1S/C22H22F2N2O3/c1-3-27-20(28-4-2)14-29-19-13-25-21(15-5-9-17(23)10-6-15)22(26-19)16-7-11-18(24)12-8-16/h5-13,20H,3-4,14H2,1-2H3. The van der Waals surface area contributed by atoms with E-state index in [1.165, 1.54) is 30.5 Å². The fourth-order valence-electron chi connectivity index (χ4n) is 2.74. The van der Waals surface area contributed by atoms with Gasteiger partial charge in [0.15, 0.2) is 6.29 Å². The SMILES string of the molecule is CCOC(COc1cnc(-c2ccc(F)cc2)c(-c2ccc(F)cc2)n1)OCC. The van der Waals surface area contributed by atoms with Gasteiger partial charge in [0.05, 0.1) is 11.9 Å². The second-order valence-corrected chi connectivity index (χ2v) is 6.07. The van der Waals surface area contributed by atoms with E-state index in [1.54, 1.807) is 24.3 Å². The number of hydrogen-bond donors (Lipinski definition) is 0. The number of hydrogen-bond acceptors (Lipinski definition) is 5. The van der Waals surface area contributed by atoms with E-state index in [0.717, 1.165) is 0 Å². The summed E-state index contributed by atoms with van der Waals surface area (Å²) in [4.78, 5) is 9.01. The van der Waals surface area contributed by atoms with Gasteiger partial charge in [-0.3, -0.25) is 0 Å². The Labute approximate surface area is 168 Å². The molecular weight excluding hydrogens is 378 g/mol. The summed E-state index contributed by atoms with van der Waals surface area (Å²) in [5.41, 5.74) is 2.38. The van der Waals surface area contributed by atoms with Crippen molar-refractivity contribution >= 4 is 0 Å². The van der Waals surface area contributed by atoms with E-state index in [9.17, 15) is 8.78 Å². The molecule has 152 valence electrons. The summed E-state index contributed by atoms with van der Waals surface area (Å²) in [5.74, 6) is -0.420. The molecule has 0 saturated heterocycles. The number of benzene rings is 2. The Hall–Kier alpha value is -2.90. The van der Waals surface area contributed by atoms with Gasteiger partial charge in [0, 0.05) is 24.3 Å². The summed E-state index contributed by atoms with van der Waals surface area (Å²) in [5, 5.41) is 0. The molecule has 3 rings (SSSR count). The first-order valence-corrected chi connectivity index (χ1v) is 9.35. The molecule has 0 bridgehead atoms. The van der Waals surface area contributed by atoms with Crippen molar-refractivity contribution in [2.75, 3.05) is 19.8 Å². The number of rotatable bonds is 9. The monoisotopic (exact) mass is 400 g/mol. The Morgan fingerprint density at radius 2 is 1.31 bits per heavy atom. The minimum atomic E-state index is -0.516. The molecule has 0 aliphatic carbocycles. The topological polar surface area (TPSA) is 53.5 Å². The van der Waals surface area contributed by atoms with Crippen LogP contribution in [0.15, 0.2) is 54.7 Å². The highest BCUT2D eigenvalue weighted by Gasteiger charge is 2.15. The zero-order valence-corrected chi connectivity index (χ0v) is 16.3. The molecule has 0 radical (unpaired) electrons. The molecule has 0 spiro atoms. The Kier molecular flexibility index (Phi) is 7.21. The van der Waals surface area contributed by atoms with Crippen LogP contribution in [0.25, 0.3) is 22.5 Å². The van der Waals surface area contributed by atoms with Gasteiger partial charge in [-0.2, -0.15) is 0 Å². The first-order valence-electron chi connectivity index (χ1n) is 9.35. The van der Waals surface area contributed by atoms with Gasteiger partial charge in [0.2, 0.25) is 5.88 Å². The lowest BCUT2D eigenvalue weighted by atomic mass is 10.0. The molecule has 0 unspecified atom stereocenters. The summed E-state index contributed by atoms with van der Waals surface area (Å²) in [6, 6.07) is 11.9. The molecule has 0 atom stereocenters. The highest BCUT2D eigenvalue weighted by molar-refractivity contribution is 5.77. The first-order chi connectivity index (χ1) is 14.1. The van der Waals surface area contributed by atoms with Crippen LogP contribution in [0.5, 0.6) is 5.88 Å². The molecule has 2 aromatic carbocycles. The number of nitrogens with zero attached hydrogens (tertiary/aromatic N) is 2. The van der Waals surface area contributed by atoms with Crippen LogP contribution in [0.2, 0.25) is 0 Å². The van der Waals surface area contributed by atoms with Crippen LogP contribution in [0.3, 0.4) is 0 Å². The summed E-state index contributed by atoms with van der Waals surface area (Å²) in [6.07, 6.45) is 0.971. The Morgan fingerprint density at radius 1 is 0.793 bits per heavy atom. The molecule has 0 N–H and O–H groups in total. The Bertz CT molecular complexity index is 912. The highest BCUT2D eigenvalue weighted by atomic mass is 19.1. The second kappa shape index (κ2) is 10.0. The van der Waals surface area contributed by atoms with E-state index in [4.69, 9.17) is 14.2 Å². The molecule has 0 aliphatic heterocycles. The average Bonchev–Trinajstić information content (AvgIpc) is 2.73. The van der Waals surface area contributed by atoms with Gasteiger partial charge in [0.1, 0.15) is 23.9 Å². The lowest BCUT2D eigenvalue weighted by Crippen LogP contribution is -2.25. The maximum atomic E-state index is 13.4. The van der Waals surface area contributed by atoms with Crippen molar-refractivity contribution in [2.45, 2.75) is 20.1 Å². The van der Waals surface area contributed by atoms with Crippen LogP contribution < -0.4 is 4.74 Å². The number of halogens is 2. The molecule has 7 heteroatoms. The van der Waals surface area contributed by atoms with Crippen molar-refractivity contribution in [3.05, 3.63) is 66.4 Å². The lowest BCUT2D eigenvalue weighted by Gasteiger charge is -2.17. The predicted molar refractivity (Wildman–Crippen MR) is 105 cm³/mol. The van der Waals surface area contributed by atoms with Crippen LogP contribution in [0.1, 0.15) is 13.8 Å². The van der Waals surface area contributed by atoms with E-state index < -0.39 is 6.29 Å². The fraction of sp³-hybridized carbons (Fsp3) is 0.273. The molecule has 3 aromatic rings. The van der Waals surface area contributed by atoms with Gasteiger partial charge in [-0.25, -0.2) is 18.7 Å². The molecular formula is C22H22F2N2O3. The fourth-order valence-corrected chi connectivity index (χ4v) is 2.74. The van der Waals surface area contributed by atoms with E-state index in [1.807, 2.05) is 13.8 Å². The minimum Gasteiger partial charge on any atom is -0.471 e. The van der Waals surface area contributed by atoms with Gasteiger partial charge < -0.3 is 14.2 Å². The molecule has 0 fully saturated rings. The normalized spacial score (nSPS) is 11.1. The van der Waals surface area contributed by atoms with E-state index in [-0.39, 0.29) is 24.1 Å². The van der Waals surface area contributed by atoms with Crippen molar-refractivity contribution in [3.8, 4) is 28.4 Å². The second-order valence-electron chi connectivity index (χ2n) is 6.07. The van der Waals surface area contributed by atoms with Crippen molar-refractivity contribution in [1.29, 1.82) is 0 Å². The van der Waals surface area contributed by atoms with Crippen LogP contribution in [-0.2, 0) is 9.47 Å². The molecule has 0 aliphatic rings. The van der Waals surface area contributed by atoms with Gasteiger partial charge in [-0.05, 0) is 62.4 Å².